The van der Waals surface area contributed by atoms with Crippen molar-refractivity contribution in [3.8, 4) is 0 Å². The van der Waals surface area contributed by atoms with Crippen molar-refractivity contribution < 1.29 is 14.2 Å². The summed E-state index contributed by atoms with van der Waals surface area (Å²) in [5.41, 5.74) is 0. The molecule has 0 amide bonds. The molecule has 1 aliphatic heterocycles. The molecule has 1 N–H and O–H groups in total. The maximum Gasteiger partial charge on any atom is 0.297 e. The van der Waals surface area contributed by atoms with Crippen molar-refractivity contribution in [1.29, 1.82) is 0 Å². The summed E-state index contributed by atoms with van der Waals surface area (Å²) in [7, 11) is -0.710. The third-order valence-electron chi connectivity index (χ3n) is 3.56. The maximum absolute atomic E-state index is 9.03. The van der Waals surface area contributed by atoms with Gasteiger partial charge in [0.2, 0.25) is 9.03 Å². The molecular formula is C15H26N3O3PS. The Bertz CT molecular complexity index is 426. The number of carbonyl (C=O) groups excluding carboxylic acids is 1. The van der Waals surface area contributed by atoms with Crippen LogP contribution < -0.4 is 4.90 Å². The first kappa shape index (κ1) is 20.1. The van der Waals surface area contributed by atoms with Gasteiger partial charge in [-0.05, 0) is 24.7 Å². The van der Waals surface area contributed by atoms with Crippen LogP contribution in [0.4, 0.5) is 5.82 Å². The van der Waals surface area contributed by atoms with E-state index < -0.39 is 9.03 Å². The molecule has 2 heterocycles. The van der Waals surface area contributed by atoms with Gasteiger partial charge in [-0.1, -0.05) is 25.7 Å². The van der Waals surface area contributed by atoms with Crippen LogP contribution in [-0.2, 0) is 15.7 Å². The minimum Gasteiger partial charge on any atom is -0.422 e. The maximum atomic E-state index is 9.03. The number of hydrogen-bond donors (Lipinski definition) is 2. The van der Waals surface area contributed by atoms with E-state index in [0.717, 1.165) is 36.9 Å². The van der Waals surface area contributed by atoms with Crippen LogP contribution in [0.2, 0.25) is 0 Å². The van der Waals surface area contributed by atoms with E-state index in [4.69, 9.17) is 9.69 Å². The minimum absolute atomic E-state index is 0.193. The number of carbonyl (C=O) groups is 1. The second-order valence-electron chi connectivity index (χ2n) is 5.22. The van der Waals surface area contributed by atoms with Crippen LogP contribution in [-0.4, -0.2) is 40.2 Å². The van der Waals surface area contributed by atoms with Gasteiger partial charge in [-0.25, -0.2) is 9.97 Å². The Balaban J connectivity index is 0.000000241. The molecule has 1 saturated carbocycles. The van der Waals surface area contributed by atoms with Crippen LogP contribution in [0, 0.1) is 0 Å². The number of aromatic nitrogens is 2. The topological polar surface area (TPSA) is 75.6 Å². The molecule has 2 fully saturated rings. The summed E-state index contributed by atoms with van der Waals surface area (Å²) in [5, 5.41) is 0. The summed E-state index contributed by atoms with van der Waals surface area (Å²) in [6.07, 6.45) is 11.3. The van der Waals surface area contributed by atoms with Gasteiger partial charge in [0.25, 0.3) is 6.47 Å². The van der Waals surface area contributed by atoms with E-state index in [2.05, 4.69) is 32.0 Å². The molecule has 0 aromatic carbocycles. The zero-order valence-corrected chi connectivity index (χ0v) is 15.3. The fourth-order valence-corrected chi connectivity index (χ4v) is 2.25. The molecule has 1 aliphatic carbocycles. The van der Waals surface area contributed by atoms with Crippen molar-refractivity contribution in [3.05, 3.63) is 18.1 Å². The average Bonchev–Trinajstić information content (AvgIpc) is 3.02. The molecule has 3 rings (SSSR count). The lowest BCUT2D eigenvalue weighted by Gasteiger charge is -2.16. The fraction of sp³-hybridized carbons (Fsp3) is 0.667. The molecule has 1 aromatic heterocycles. The average molecular weight is 359 g/mol. The van der Waals surface area contributed by atoms with Gasteiger partial charge in [-0.2, -0.15) is 12.6 Å². The molecule has 1 saturated heterocycles. The normalized spacial score (nSPS) is 16.0. The highest BCUT2D eigenvalue weighted by molar-refractivity contribution is 7.80. The predicted octanol–water partition coefficient (Wildman–Crippen LogP) is 2.77. The summed E-state index contributed by atoms with van der Waals surface area (Å²) in [4.78, 5) is 27.7. The van der Waals surface area contributed by atoms with Gasteiger partial charge in [0.05, 0.1) is 0 Å². The fourth-order valence-electron chi connectivity index (χ4n) is 2.00. The van der Waals surface area contributed by atoms with Crippen LogP contribution in [0.1, 0.15) is 44.3 Å². The first-order valence-electron chi connectivity index (χ1n) is 7.98. The highest BCUT2D eigenvalue weighted by Crippen LogP contribution is 2.17. The molecule has 2 aliphatic rings. The van der Waals surface area contributed by atoms with Crippen LogP contribution in [0.3, 0.4) is 0 Å². The van der Waals surface area contributed by atoms with E-state index >= 15 is 0 Å². The Morgan fingerprint density at radius 3 is 2.35 bits per heavy atom. The Kier molecular flexibility index (Phi) is 11.8. The van der Waals surface area contributed by atoms with Crippen LogP contribution >= 0.6 is 21.7 Å². The lowest BCUT2D eigenvalue weighted by atomic mass is 10.0. The van der Waals surface area contributed by atoms with Crippen molar-refractivity contribution in [3.63, 3.8) is 0 Å². The van der Waals surface area contributed by atoms with Crippen molar-refractivity contribution in [2.45, 2.75) is 44.9 Å². The first-order valence-corrected chi connectivity index (χ1v) is 9.46. The molecular weight excluding hydrogens is 333 g/mol. The van der Waals surface area contributed by atoms with Crippen LogP contribution in [0.15, 0.2) is 12.3 Å². The second-order valence-corrected chi connectivity index (χ2v) is 6.08. The monoisotopic (exact) mass is 359 g/mol. The van der Waals surface area contributed by atoms with Crippen molar-refractivity contribution in [2.24, 2.45) is 0 Å². The molecule has 8 heteroatoms. The number of rotatable bonds is 5. The Hall–Kier alpha value is -0.910. The molecule has 1 atom stereocenters. The SMILES string of the molecule is C1CCC1.O=COPO.SCCc1nccc(N2CCCC2)n1. The number of nitrogens with zero attached hydrogens (tertiary/aromatic N) is 3. The van der Waals surface area contributed by atoms with Crippen molar-refractivity contribution >= 4 is 34.0 Å². The molecule has 23 heavy (non-hydrogen) atoms. The summed E-state index contributed by atoms with van der Waals surface area (Å²) in [6, 6.07) is 1.99. The van der Waals surface area contributed by atoms with E-state index in [-0.39, 0.29) is 6.47 Å². The first-order chi connectivity index (χ1) is 11.3. The lowest BCUT2D eigenvalue weighted by Crippen LogP contribution is -2.19. The van der Waals surface area contributed by atoms with Gasteiger partial charge in [0.1, 0.15) is 11.6 Å². The van der Waals surface area contributed by atoms with Gasteiger partial charge in [0, 0.05) is 25.7 Å². The van der Waals surface area contributed by atoms with E-state index in [1.54, 1.807) is 0 Å². The van der Waals surface area contributed by atoms with Gasteiger partial charge < -0.3 is 14.3 Å². The third kappa shape index (κ3) is 9.08. The van der Waals surface area contributed by atoms with E-state index in [1.165, 1.54) is 38.5 Å². The van der Waals surface area contributed by atoms with Gasteiger partial charge >= 0.3 is 0 Å². The summed E-state index contributed by atoms with van der Waals surface area (Å²) < 4.78 is 3.74. The predicted molar refractivity (Wildman–Crippen MR) is 97.2 cm³/mol. The largest absolute Gasteiger partial charge is 0.422 e. The third-order valence-corrected chi connectivity index (χ3v) is 3.98. The smallest absolute Gasteiger partial charge is 0.297 e. The highest BCUT2D eigenvalue weighted by atomic mass is 32.1. The quantitative estimate of drug-likeness (QED) is 0.478. The number of thiol groups is 1. The minimum atomic E-state index is -0.710. The Morgan fingerprint density at radius 1 is 1.26 bits per heavy atom. The zero-order valence-electron chi connectivity index (χ0n) is 13.4. The summed E-state index contributed by atoms with van der Waals surface area (Å²) in [5.74, 6) is 2.79. The Labute approximate surface area is 145 Å². The van der Waals surface area contributed by atoms with Crippen molar-refractivity contribution in [1.82, 2.24) is 9.97 Å². The zero-order chi connectivity index (χ0) is 16.8. The van der Waals surface area contributed by atoms with Gasteiger partial charge in [-0.3, -0.25) is 4.79 Å². The second kappa shape index (κ2) is 13.5. The highest BCUT2D eigenvalue weighted by Gasteiger charge is 2.13. The van der Waals surface area contributed by atoms with Crippen LogP contribution in [0.5, 0.6) is 0 Å². The lowest BCUT2D eigenvalue weighted by molar-refractivity contribution is -0.120. The number of hydrogen-bond acceptors (Lipinski definition) is 7. The standard InChI is InChI=1S/C10H15N3S.C4H8.CH3O3P/c14-8-4-9-11-5-3-10(12-9)13-6-1-2-7-13;1-2-4-3-1;2-1-4-5-3/h3,5,14H,1-2,4,6-8H2;1-4H2;1,3,5H. The van der Waals surface area contributed by atoms with E-state index in [1.807, 2.05) is 12.3 Å². The number of aryl methyl sites for hydroxylation is 1. The molecule has 130 valence electrons. The van der Waals surface area contributed by atoms with Gasteiger partial charge in [-0.15, -0.1) is 0 Å². The molecule has 1 unspecified atom stereocenters. The van der Waals surface area contributed by atoms with Crippen LogP contribution in [0.25, 0.3) is 0 Å². The summed E-state index contributed by atoms with van der Waals surface area (Å²) >= 11 is 4.18. The molecule has 0 bridgehead atoms. The summed E-state index contributed by atoms with van der Waals surface area (Å²) in [6.45, 7) is 2.47. The molecule has 0 spiro atoms. The van der Waals surface area contributed by atoms with Gasteiger partial charge in [0.15, 0.2) is 0 Å². The number of anilines is 1. The van der Waals surface area contributed by atoms with E-state index in [0.29, 0.717) is 0 Å². The molecule has 0 radical (unpaired) electrons. The Morgan fingerprint density at radius 2 is 1.91 bits per heavy atom. The molecule has 1 aromatic rings. The van der Waals surface area contributed by atoms with Crippen molar-refractivity contribution in [2.75, 3.05) is 23.7 Å². The van der Waals surface area contributed by atoms with E-state index in [9.17, 15) is 0 Å². The molecule has 6 nitrogen and oxygen atoms in total.